The van der Waals surface area contributed by atoms with Crippen molar-refractivity contribution in [2.45, 2.75) is 30.6 Å². The van der Waals surface area contributed by atoms with Gasteiger partial charge >= 0.3 is 0 Å². The highest BCUT2D eigenvalue weighted by atomic mass is 35.5. The molecule has 1 aromatic carbocycles. The van der Waals surface area contributed by atoms with Crippen LogP contribution in [0.2, 0.25) is 5.02 Å². The van der Waals surface area contributed by atoms with Gasteiger partial charge in [-0.2, -0.15) is 0 Å². The fourth-order valence-electron chi connectivity index (χ4n) is 2.62. The zero-order chi connectivity index (χ0) is 14.6. The van der Waals surface area contributed by atoms with Gasteiger partial charge in [-0.05, 0) is 62.3 Å². The van der Waals surface area contributed by atoms with E-state index < -0.39 is 10.0 Å². The van der Waals surface area contributed by atoms with Crippen LogP contribution in [0.1, 0.15) is 25.7 Å². The number of nitrogens with two attached hydrogens (primary N) is 1. The Bertz CT molecular complexity index is 540. The number of benzene rings is 1. The van der Waals surface area contributed by atoms with Crippen LogP contribution in [-0.4, -0.2) is 21.5 Å². The molecule has 112 valence electrons. The summed E-state index contributed by atoms with van der Waals surface area (Å²) in [4.78, 5) is 0.223. The van der Waals surface area contributed by atoms with E-state index in [1.54, 1.807) is 18.2 Å². The lowest BCUT2D eigenvalue weighted by molar-refractivity contribution is 0.280. The Hall–Kier alpha value is -0.620. The zero-order valence-electron chi connectivity index (χ0n) is 11.4. The zero-order valence-corrected chi connectivity index (χ0v) is 13.0. The average molecular weight is 317 g/mol. The predicted octanol–water partition coefficient (Wildman–Crippen LogP) is 2.38. The van der Waals surface area contributed by atoms with E-state index in [1.807, 2.05) is 0 Å². The van der Waals surface area contributed by atoms with Gasteiger partial charge in [0.25, 0.3) is 0 Å². The van der Waals surface area contributed by atoms with E-state index in [-0.39, 0.29) is 4.90 Å². The van der Waals surface area contributed by atoms with Crippen molar-refractivity contribution in [2.75, 3.05) is 13.1 Å². The van der Waals surface area contributed by atoms with E-state index in [0.29, 0.717) is 23.4 Å². The van der Waals surface area contributed by atoms with Gasteiger partial charge in [0.1, 0.15) is 0 Å². The van der Waals surface area contributed by atoms with Crippen LogP contribution in [0.25, 0.3) is 0 Å². The van der Waals surface area contributed by atoms with Gasteiger partial charge in [0.2, 0.25) is 10.0 Å². The summed E-state index contributed by atoms with van der Waals surface area (Å²) in [6, 6.07) is 6.33. The quantitative estimate of drug-likeness (QED) is 0.876. The maximum Gasteiger partial charge on any atom is 0.240 e. The van der Waals surface area contributed by atoms with Crippen molar-refractivity contribution in [1.82, 2.24) is 4.72 Å². The summed E-state index contributed by atoms with van der Waals surface area (Å²) in [6.07, 6.45) is 4.28. The molecule has 20 heavy (non-hydrogen) atoms. The van der Waals surface area contributed by atoms with E-state index in [0.717, 1.165) is 32.2 Å². The molecule has 0 heterocycles. The third-order valence-electron chi connectivity index (χ3n) is 3.97. The van der Waals surface area contributed by atoms with Crippen molar-refractivity contribution in [3.8, 4) is 0 Å². The maximum atomic E-state index is 12.2. The minimum Gasteiger partial charge on any atom is -0.330 e. The lowest BCUT2D eigenvalue weighted by atomic mass is 9.82. The molecule has 0 atom stereocenters. The van der Waals surface area contributed by atoms with E-state index in [9.17, 15) is 8.42 Å². The SMILES string of the molecule is NC[C@H]1CC[C@H](CNS(=O)(=O)c2cccc(Cl)c2)CC1. The van der Waals surface area contributed by atoms with E-state index in [2.05, 4.69) is 4.72 Å². The molecule has 0 bridgehead atoms. The molecule has 1 fully saturated rings. The highest BCUT2D eigenvalue weighted by Crippen LogP contribution is 2.28. The number of sulfonamides is 1. The van der Waals surface area contributed by atoms with Gasteiger partial charge in [0.15, 0.2) is 0 Å². The molecular formula is C14H21ClN2O2S. The molecular weight excluding hydrogens is 296 g/mol. The second kappa shape index (κ2) is 6.89. The standard InChI is InChI=1S/C14H21ClN2O2S/c15-13-2-1-3-14(8-13)20(18,19)17-10-12-6-4-11(9-16)5-7-12/h1-3,8,11-12,17H,4-7,9-10,16H2/t11-,12-. The summed E-state index contributed by atoms with van der Waals surface area (Å²) >= 11 is 5.83. The molecule has 0 aliphatic heterocycles. The second-order valence-electron chi connectivity index (χ2n) is 5.43. The normalized spacial score (nSPS) is 23.7. The van der Waals surface area contributed by atoms with Crippen molar-refractivity contribution >= 4 is 21.6 Å². The lowest BCUT2D eigenvalue weighted by Crippen LogP contribution is -2.32. The molecule has 1 aliphatic rings. The summed E-state index contributed by atoms with van der Waals surface area (Å²) in [5.74, 6) is 1.02. The fourth-order valence-corrected chi connectivity index (χ4v) is 4.03. The van der Waals surface area contributed by atoms with Crippen molar-refractivity contribution in [1.29, 1.82) is 0 Å². The van der Waals surface area contributed by atoms with E-state index >= 15 is 0 Å². The molecule has 4 nitrogen and oxygen atoms in total. The van der Waals surface area contributed by atoms with Crippen LogP contribution in [0, 0.1) is 11.8 Å². The molecule has 3 N–H and O–H groups in total. The van der Waals surface area contributed by atoms with Gasteiger partial charge in [0.05, 0.1) is 4.90 Å². The summed E-state index contributed by atoms with van der Waals surface area (Å²) in [7, 11) is -3.46. The molecule has 1 saturated carbocycles. The lowest BCUT2D eigenvalue weighted by Gasteiger charge is -2.27. The van der Waals surface area contributed by atoms with Crippen LogP contribution in [0.5, 0.6) is 0 Å². The van der Waals surface area contributed by atoms with Crippen LogP contribution in [0.4, 0.5) is 0 Å². The summed E-state index contributed by atoms with van der Waals surface area (Å²) in [5, 5.41) is 0.427. The Morgan fingerprint density at radius 1 is 1.20 bits per heavy atom. The number of rotatable bonds is 5. The number of nitrogens with one attached hydrogen (secondary N) is 1. The van der Waals surface area contributed by atoms with Gasteiger partial charge in [-0.15, -0.1) is 0 Å². The number of hydrogen-bond acceptors (Lipinski definition) is 3. The molecule has 0 radical (unpaired) electrons. The predicted molar refractivity (Wildman–Crippen MR) is 81.1 cm³/mol. The minimum absolute atomic E-state index is 0.223. The van der Waals surface area contributed by atoms with Crippen LogP contribution >= 0.6 is 11.6 Å². The van der Waals surface area contributed by atoms with Crippen molar-refractivity contribution in [2.24, 2.45) is 17.6 Å². The summed E-state index contributed by atoms with van der Waals surface area (Å²) in [5.41, 5.74) is 5.66. The monoisotopic (exact) mass is 316 g/mol. The molecule has 0 saturated heterocycles. The first-order valence-electron chi connectivity index (χ1n) is 6.96. The number of hydrogen-bond donors (Lipinski definition) is 2. The molecule has 2 rings (SSSR count). The topological polar surface area (TPSA) is 72.2 Å². The first kappa shape index (κ1) is 15.8. The molecule has 0 aromatic heterocycles. The van der Waals surface area contributed by atoms with Gasteiger partial charge in [-0.1, -0.05) is 17.7 Å². The molecule has 1 aliphatic carbocycles. The maximum absolute atomic E-state index is 12.2. The molecule has 6 heteroatoms. The fraction of sp³-hybridized carbons (Fsp3) is 0.571. The average Bonchev–Trinajstić information content (AvgIpc) is 2.46. The smallest absolute Gasteiger partial charge is 0.240 e. The van der Waals surface area contributed by atoms with Crippen LogP contribution in [0.3, 0.4) is 0 Å². The Balaban J connectivity index is 1.90. The third-order valence-corrected chi connectivity index (χ3v) is 5.62. The molecule has 0 spiro atoms. The molecule has 1 aromatic rings. The highest BCUT2D eigenvalue weighted by Gasteiger charge is 2.22. The van der Waals surface area contributed by atoms with Gasteiger partial charge in [-0.3, -0.25) is 0 Å². The molecule has 0 unspecified atom stereocenters. The Morgan fingerprint density at radius 3 is 2.45 bits per heavy atom. The van der Waals surface area contributed by atoms with Crippen molar-refractivity contribution in [3.63, 3.8) is 0 Å². The molecule has 0 amide bonds. The number of halogens is 1. The highest BCUT2D eigenvalue weighted by molar-refractivity contribution is 7.89. The van der Waals surface area contributed by atoms with Crippen molar-refractivity contribution < 1.29 is 8.42 Å². The van der Waals surface area contributed by atoms with E-state index in [1.165, 1.54) is 6.07 Å². The second-order valence-corrected chi connectivity index (χ2v) is 7.64. The van der Waals surface area contributed by atoms with E-state index in [4.69, 9.17) is 17.3 Å². The van der Waals surface area contributed by atoms with Crippen LogP contribution in [-0.2, 0) is 10.0 Å². The van der Waals surface area contributed by atoms with Crippen LogP contribution in [0.15, 0.2) is 29.2 Å². The van der Waals surface area contributed by atoms with Gasteiger partial charge < -0.3 is 5.73 Å². The Kier molecular flexibility index (Phi) is 5.43. The Labute approximate surface area is 125 Å². The van der Waals surface area contributed by atoms with Crippen molar-refractivity contribution in [3.05, 3.63) is 29.3 Å². The Morgan fingerprint density at radius 2 is 1.85 bits per heavy atom. The largest absolute Gasteiger partial charge is 0.330 e. The third kappa shape index (κ3) is 4.19. The first-order chi connectivity index (χ1) is 9.51. The summed E-state index contributed by atoms with van der Waals surface area (Å²) < 4.78 is 27.0. The van der Waals surface area contributed by atoms with Gasteiger partial charge in [0, 0.05) is 11.6 Å². The minimum atomic E-state index is -3.46. The van der Waals surface area contributed by atoms with Crippen LogP contribution < -0.4 is 10.5 Å². The summed E-state index contributed by atoms with van der Waals surface area (Å²) in [6.45, 7) is 1.23. The first-order valence-corrected chi connectivity index (χ1v) is 8.82. The van der Waals surface area contributed by atoms with Gasteiger partial charge in [-0.25, -0.2) is 13.1 Å².